The van der Waals surface area contributed by atoms with E-state index in [4.69, 9.17) is 4.74 Å². The molecule has 7 heteroatoms. The van der Waals surface area contributed by atoms with Gasteiger partial charge in [0.05, 0.1) is 6.61 Å². The highest BCUT2D eigenvalue weighted by molar-refractivity contribution is 5.53. The lowest BCUT2D eigenvalue weighted by molar-refractivity contribution is -0.119. The van der Waals surface area contributed by atoms with Gasteiger partial charge in [0, 0.05) is 38.5 Å². The first-order valence-corrected chi connectivity index (χ1v) is 6.10. The van der Waals surface area contributed by atoms with Gasteiger partial charge in [0.15, 0.2) is 0 Å². The molecule has 20 heavy (non-hydrogen) atoms. The number of anilines is 1. The monoisotopic (exact) mass is 294 g/mol. The number of hydrogen-bond acceptors (Lipinski definition) is 3. The normalized spacial score (nSPS) is 11.7. The molecule has 1 aromatic carbocycles. The van der Waals surface area contributed by atoms with E-state index in [9.17, 15) is 17.6 Å². The number of methoxy groups -OCH3 is 1. The molecule has 114 valence electrons. The van der Waals surface area contributed by atoms with Crippen molar-refractivity contribution in [2.45, 2.75) is 12.7 Å². The van der Waals surface area contributed by atoms with Crippen molar-refractivity contribution in [2.24, 2.45) is 0 Å². The second kappa shape index (κ2) is 7.44. The average molecular weight is 294 g/mol. The van der Waals surface area contributed by atoms with Crippen LogP contribution in [0.5, 0.6) is 0 Å². The van der Waals surface area contributed by atoms with Crippen molar-refractivity contribution in [3.05, 3.63) is 29.6 Å². The van der Waals surface area contributed by atoms with Gasteiger partial charge in [-0.15, -0.1) is 0 Å². The maximum atomic E-state index is 13.8. The van der Waals surface area contributed by atoms with Crippen molar-refractivity contribution >= 4 is 5.69 Å². The van der Waals surface area contributed by atoms with E-state index in [1.165, 1.54) is 32.4 Å². The molecular weight excluding hydrogens is 276 g/mol. The maximum Gasteiger partial charge on any atom is 0.405 e. The Labute approximate surface area is 115 Å². The molecule has 0 heterocycles. The van der Waals surface area contributed by atoms with E-state index in [2.05, 4.69) is 5.32 Å². The molecular formula is C13H18F4N2O. The predicted octanol–water partition coefficient (Wildman–Crippen LogP) is 2.56. The van der Waals surface area contributed by atoms with Gasteiger partial charge in [0.2, 0.25) is 0 Å². The summed E-state index contributed by atoms with van der Waals surface area (Å²) in [7, 11) is 2.83. The highest BCUT2D eigenvalue weighted by Gasteiger charge is 2.30. The quantitative estimate of drug-likeness (QED) is 0.618. The summed E-state index contributed by atoms with van der Waals surface area (Å²) >= 11 is 0. The second-order valence-corrected chi connectivity index (χ2v) is 4.38. The highest BCUT2D eigenvalue weighted by Crippen LogP contribution is 2.25. The van der Waals surface area contributed by atoms with Crippen molar-refractivity contribution in [3.8, 4) is 0 Å². The zero-order chi connectivity index (χ0) is 15.2. The molecule has 0 spiro atoms. The lowest BCUT2D eigenvalue weighted by atomic mass is 10.1. The van der Waals surface area contributed by atoms with Crippen LogP contribution in [0.15, 0.2) is 18.2 Å². The molecule has 0 radical (unpaired) electrons. The van der Waals surface area contributed by atoms with Crippen molar-refractivity contribution in [2.75, 3.05) is 38.8 Å². The summed E-state index contributed by atoms with van der Waals surface area (Å²) in [5.41, 5.74) is 0.447. The molecule has 1 rings (SSSR count). The smallest absolute Gasteiger partial charge is 0.383 e. The molecule has 0 aromatic heterocycles. The number of nitrogens with zero attached hydrogens (tertiary/aromatic N) is 1. The first-order chi connectivity index (χ1) is 9.35. The van der Waals surface area contributed by atoms with Gasteiger partial charge in [0.25, 0.3) is 0 Å². The Balaban J connectivity index is 2.81. The van der Waals surface area contributed by atoms with Crippen LogP contribution in [0.3, 0.4) is 0 Å². The summed E-state index contributed by atoms with van der Waals surface area (Å²) in [4.78, 5) is 0.996. The van der Waals surface area contributed by atoms with Crippen LogP contribution in [0, 0.1) is 5.82 Å². The summed E-state index contributed by atoms with van der Waals surface area (Å²) in [6.45, 7) is -0.0372. The summed E-state index contributed by atoms with van der Waals surface area (Å²) in [6.07, 6.45) is -4.33. The van der Waals surface area contributed by atoms with Gasteiger partial charge < -0.3 is 15.0 Å². The summed E-state index contributed by atoms with van der Waals surface area (Å²) in [5.74, 6) is -0.526. The number of benzene rings is 1. The van der Waals surface area contributed by atoms with E-state index in [1.807, 2.05) is 0 Å². The Morgan fingerprint density at radius 3 is 2.60 bits per heavy atom. The van der Waals surface area contributed by atoms with Gasteiger partial charge in [-0.3, -0.25) is 0 Å². The Kier molecular flexibility index (Phi) is 6.22. The van der Waals surface area contributed by atoms with E-state index >= 15 is 0 Å². The fraction of sp³-hybridized carbons (Fsp3) is 0.538. The van der Waals surface area contributed by atoms with E-state index in [0.29, 0.717) is 13.2 Å². The standard InChI is InChI=1S/C13H18F4N2O/c1-19(9-13(15,16)17)12-5-3-4-11(14)10(12)8-18-6-7-20-2/h3-5,18H,6-9H2,1-2H3. The Morgan fingerprint density at radius 1 is 1.30 bits per heavy atom. The molecule has 0 aliphatic carbocycles. The molecule has 0 aliphatic rings. The highest BCUT2D eigenvalue weighted by atomic mass is 19.4. The number of rotatable bonds is 7. The van der Waals surface area contributed by atoms with Crippen LogP contribution >= 0.6 is 0 Å². The number of alkyl halides is 3. The summed E-state index contributed by atoms with van der Waals surface area (Å²) in [6, 6.07) is 4.11. The first-order valence-electron chi connectivity index (χ1n) is 6.10. The Hall–Kier alpha value is -1.34. The molecule has 0 aliphatic heterocycles. The van der Waals surface area contributed by atoms with E-state index in [-0.39, 0.29) is 17.8 Å². The number of ether oxygens (including phenoxy) is 1. The van der Waals surface area contributed by atoms with Gasteiger partial charge in [-0.1, -0.05) is 6.07 Å². The summed E-state index contributed by atoms with van der Waals surface area (Å²) in [5, 5.41) is 2.93. The molecule has 0 saturated carbocycles. The molecule has 1 N–H and O–H groups in total. The van der Waals surface area contributed by atoms with Crippen molar-refractivity contribution in [3.63, 3.8) is 0 Å². The fourth-order valence-electron chi connectivity index (χ4n) is 1.82. The number of hydrogen-bond donors (Lipinski definition) is 1. The zero-order valence-electron chi connectivity index (χ0n) is 11.4. The molecule has 0 fully saturated rings. The Morgan fingerprint density at radius 2 is 2.00 bits per heavy atom. The average Bonchev–Trinajstić information content (AvgIpc) is 2.34. The van der Waals surface area contributed by atoms with Gasteiger partial charge in [-0.2, -0.15) is 13.2 Å². The largest absolute Gasteiger partial charge is 0.405 e. The molecule has 0 unspecified atom stereocenters. The maximum absolute atomic E-state index is 13.8. The van der Waals surface area contributed by atoms with Crippen LogP contribution in [-0.2, 0) is 11.3 Å². The van der Waals surface area contributed by atoms with E-state index < -0.39 is 18.5 Å². The fourth-order valence-corrected chi connectivity index (χ4v) is 1.82. The molecule has 0 atom stereocenters. The molecule has 3 nitrogen and oxygen atoms in total. The van der Waals surface area contributed by atoms with E-state index in [0.717, 1.165) is 4.90 Å². The third-order valence-electron chi connectivity index (χ3n) is 2.71. The lowest BCUT2D eigenvalue weighted by Crippen LogP contribution is -2.32. The van der Waals surface area contributed by atoms with Crippen LogP contribution in [0.2, 0.25) is 0 Å². The van der Waals surface area contributed by atoms with Gasteiger partial charge in [0.1, 0.15) is 12.4 Å². The van der Waals surface area contributed by atoms with Crippen LogP contribution in [0.1, 0.15) is 5.56 Å². The molecule has 0 saturated heterocycles. The minimum Gasteiger partial charge on any atom is -0.383 e. The van der Waals surface area contributed by atoms with Crippen LogP contribution in [-0.4, -0.2) is 40.0 Å². The van der Waals surface area contributed by atoms with Crippen molar-refractivity contribution in [1.82, 2.24) is 5.32 Å². The predicted molar refractivity (Wildman–Crippen MR) is 69.3 cm³/mol. The second-order valence-electron chi connectivity index (χ2n) is 4.38. The third-order valence-corrected chi connectivity index (χ3v) is 2.71. The number of nitrogens with one attached hydrogen (secondary N) is 1. The minimum atomic E-state index is -4.33. The number of halogens is 4. The van der Waals surface area contributed by atoms with Crippen LogP contribution in [0.4, 0.5) is 23.2 Å². The van der Waals surface area contributed by atoms with Gasteiger partial charge in [-0.25, -0.2) is 4.39 Å². The van der Waals surface area contributed by atoms with Gasteiger partial charge >= 0.3 is 6.18 Å². The van der Waals surface area contributed by atoms with E-state index in [1.54, 1.807) is 0 Å². The van der Waals surface area contributed by atoms with Crippen LogP contribution < -0.4 is 10.2 Å². The SMILES string of the molecule is COCCNCc1c(F)cccc1N(C)CC(F)(F)F. The lowest BCUT2D eigenvalue weighted by Gasteiger charge is -2.24. The molecule has 0 amide bonds. The van der Waals surface area contributed by atoms with Gasteiger partial charge in [-0.05, 0) is 12.1 Å². The topological polar surface area (TPSA) is 24.5 Å². The molecule has 1 aromatic rings. The third kappa shape index (κ3) is 5.34. The van der Waals surface area contributed by atoms with Crippen molar-refractivity contribution < 1.29 is 22.3 Å². The first kappa shape index (κ1) is 16.7. The zero-order valence-corrected chi connectivity index (χ0v) is 11.4. The summed E-state index contributed by atoms with van der Waals surface area (Å²) < 4.78 is 55.8. The Bertz CT molecular complexity index is 423. The van der Waals surface area contributed by atoms with Crippen molar-refractivity contribution in [1.29, 1.82) is 0 Å². The van der Waals surface area contributed by atoms with Crippen LogP contribution in [0.25, 0.3) is 0 Å². The molecule has 0 bridgehead atoms. The minimum absolute atomic E-state index is 0.146.